The predicted molar refractivity (Wildman–Crippen MR) is 76.9 cm³/mol. The second kappa shape index (κ2) is 5.95. The van der Waals surface area contributed by atoms with Crippen molar-refractivity contribution in [2.24, 2.45) is 0 Å². The first kappa shape index (κ1) is 13.6. The van der Waals surface area contributed by atoms with Crippen LogP contribution in [0.5, 0.6) is 0 Å². The zero-order valence-electron chi connectivity index (χ0n) is 11.7. The van der Waals surface area contributed by atoms with Crippen molar-refractivity contribution < 1.29 is 9.21 Å². The number of hydrogen-bond acceptors (Lipinski definition) is 4. The lowest BCUT2D eigenvalue weighted by Gasteiger charge is -2.19. The van der Waals surface area contributed by atoms with Gasteiger partial charge in [-0.15, -0.1) is 0 Å². The van der Waals surface area contributed by atoms with Crippen LogP contribution in [0.15, 0.2) is 33.7 Å². The molecule has 1 N–H and O–H groups in total. The molecule has 1 aliphatic rings. The summed E-state index contributed by atoms with van der Waals surface area (Å²) >= 11 is 0. The molecule has 21 heavy (non-hydrogen) atoms. The summed E-state index contributed by atoms with van der Waals surface area (Å²) in [6, 6.07) is 5.03. The van der Waals surface area contributed by atoms with Crippen LogP contribution < -0.4 is 5.69 Å². The molecular formula is C15H17N3O3. The Bertz CT molecular complexity index is 668. The van der Waals surface area contributed by atoms with Gasteiger partial charge in [-0.3, -0.25) is 4.79 Å². The third-order valence-corrected chi connectivity index (χ3v) is 3.64. The predicted octanol–water partition coefficient (Wildman–Crippen LogP) is 2.05. The summed E-state index contributed by atoms with van der Waals surface area (Å²) in [5, 5.41) is 0. The smallest absolute Gasteiger partial charge is 0.346 e. The van der Waals surface area contributed by atoms with Crippen molar-refractivity contribution in [1.29, 1.82) is 0 Å². The topological polar surface area (TPSA) is 79.2 Å². The van der Waals surface area contributed by atoms with Gasteiger partial charge >= 0.3 is 5.69 Å². The van der Waals surface area contributed by atoms with E-state index < -0.39 is 5.69 Å². The Morgan fingerprint density at radius 2 is 2.00 bits per heavy atom. The monoisotopic (exact) mass is 287 g/mol. The minimum absolute atomic E-state index is 0.173. The maximum Gasteiger partial charge on any atom is 0.346 e. The average Bonchev–Trinajstić information content (AvgIpc) is 2.89. The van der Waals surface area contributed by atoms with Gasteiger partial charge in [-0.05, 0) is 31.0 Å². The van der Waals surface area contributed by atoms with Crippen LogP contribution in [0.2, 0.25) is 0 Å². The lowest BCUT2D eigenvalue weighted by Crippen LogP contribution is -2.33. The standard InChI is InChI=1S/C15H17N3O3/c19-14(18-7-3-1-2-4-8-18)12-10-11(16-15(20)17-12)13-6-5-9-21-13/h5-6,9-10H,1-4,7-8H2,(H,16,17,20). The van der Waals surface area contributed by atoms with Gasteiger partial charge < -0.3 is 14.3 Å². The fourth-order valence-electron chi connectivity index (χ4n) is 2.57. The minimum Gasteiger partial charge on any atom is -0.463 e. The van der Waals surface area contributed by atoms with Crippen LogP contribution in [0.25, 0.3) is 11.5 Å². The Labute approximate surface area is 121 Å². The molecule has 0 saturated carbocycles. The number of hydrogen-bond donors (Lipinski definition) is 1. The van der Waals surface area contributed by atoms with Crippen LogP contribution in [0.4, 0.5) is 0 Å². The molecule has 3 rings (SSSR count). The number of furan rings is 1. The van der Waals surface area contributed by atoms with Gasteiger partial charge in [-0.25, -0.2) is 4.79 Å². The maximum absolute atomic E-state index is 12.5. The molecule has 6 heteroatoms. The Morgan fingerprint density at radius 1 is 1.24 bits per heavy atom. The zero-order chi connectivity index (χ0) is 14.7. The number of carbonyl (C=O) groups is 1. The molecule has 0 bridgehead atoms. The highest BCUT2D eigenvalue weighted by Gasteiger charge is 2.20. The number of likely N-dealkylation sites (tertiary alicyclic amines) is 1. The fraction of sp³-hybridized carbons (Fsp3) is 0.400. The van der Waals surface area contributed by atoms with Gasteiger partial charge in [-0.1, -0.05) is 12.8 Å². The fourth-order valence-corrected chi connectivity index (χ4v) is 2.57. The number of nitrogens with zero attached hydrogens (tertiary/aromatic N) is 2. The molecule has 1 aliphatic heterocycles. The molecule has 1 saturated heterocycles. The molecule has 2 aromatic heterocycles. The van der Waals surface area contributed by atoms with Crippen molar-refractivity contribution in [1.82, 2.24) is 14.9 Å². The Balaban J connectivity index is 1.91. The van der Waals surface area contributed by atoms with Crippen molar-refractivity contribution in [3.63, 3.8) is 0 Å². The van der Waals surface area contributed by atoms with Crippen LogP contribution in [-0.2, 0) is 0 Å². The molecule has 0 radical (unpaired) electrons. The summed E-state index contributed by atoms with van der Waals surface area (Å²) in [5.41, 5.74) is 0.104. The summed E-state index contributed by atoms with van der Waals surface area (Å²) in [6.07, 6.45) is 5.80. The van der Waals surface area contributed by atoms with Gasteiger partial charge in [0.05, 0.1) is 12.0 Å². The molecule has 0 unspecified atom stereocenters. The van der Waals surface area contributed by atoms with Crippen molar-refractivity contribution in [2.75, 3.05) is 13.1 Å². The Kier molecular flexibility index (Phi) is 3.85. The summed E-state index contributed by atoms with van der Waals surface area (Å²) in [7, 11) is 0. The summed E-state index contributed by atoms with van der Waals surface area (Å²) < 4.78 is 5.25. The molecule has 3 heterocycles. The number of carbonyl (C=O) groups excluding carboxylic acids is 1. The molecule has 1 fully saturated rings. The minimum atomic E-state index is -0.540. The Hall–Kier alpha value is -2.37. The van der Waals surface area contributed by atoms with Crippen LogP contribution in [0.3, 0.4) is 0 Å². The van der Waals surface area contributed by atoms with Gasteiger partial charge in [-0.2, -0.15) is 4.98 Å². The van der Waals surface area contributed by atoms with E-state index in [0.717, 1.165) is 38.8 Å². The first-order valence-corrected chi connectivity index (χ1v) is 7.18. The first-order chi connectivity index (χ1) is 10.2. The van der Waals surface area contributed by atoms with Crippen LogP contribution in [-0.4, -0.2) is 33.9 Å². The number of nitrogens with one attached hydrogen (secondary N) is 1. The van der Waals surface area contributed by atoms with Gasteiger partial charge in [0.1, 0.15) is 11.5 Å². The van der Waals surface area contributed by atoms with E-state index in [1.54, 1.807) is 23.1 Å². The third kappa shape index (κ3) is 3.04. The molecule has 110 valence electrons. The zero-order valence-corrected chi connectivity index (χ0v) is 11.7. The number of amides is 1. The summed E-state index contributed by atoms with van der Waals surface area (Å²) in [5.74, 6) is 0.329. The summed E-state index contributed by atoms with van der Waals surface area (Å²) in [6.45, 7) is 1.45. The van der Waals surface area contributed by atoms with Gasteiger partial charge in [0.25, 0.3) is 5.91 Å². The van der Waals surface area contributed by atoms with E-state index in [-0.39, 0.29) is 11.6 Å². The lowest BCUT2D eigenvalue weighted by atomic mass is 10.2. The van der Waals surface area contributed by atoms with Crippen LogP contribution in [0.1, 0.15) is 36.2 Å². The normalized spacial score (nSPS) is 15.7. The summed E-state index contributed by atoms with van der Waals surface area (Å²) in [4.78, 5) is 32.4. The van der Waals surface area contributed by atoms with Crippen LogP contribution in [0, 0.1) is 0 Å². The van der Waals surface area contributed by atoms with Gasteiger partial charge in [0, 0.05) is 13.1 Å². The van der Waals surface area contributed by atoms with E-state index in [4.69, 9.17) is 4.42 Å². The SMILES string of the molecule is O=C(c1cc(-c2ccco2)[nH]c(=O)n1)N1CCCCCC1. The van der Waals surface area contributed by atoms with E-state index in [1.165, 1.54) is 6.26 Å². The Morgan fingerprint density at radius 3 is 2.67 bits per heavy atom. The molecule has 0 aliphatic carbocycles. The molecule has 0 aromatic carbocycles. The highest BCUT2D eigenvalue weighted by atomic mass is 16.3. The van der Waals surface area contributed by atoms with Gasteiger partial charge in [0.2, 0.25) is 0 Å². The van der Waals surface area contributed by atoms with Crippen LogP contribution >= 0.6 is 0 Å². The van der Waals surface area contributed by atoms with E-state index in [1.807, 2.05) is 0 Å². The second-order valence-corrected chi connectivity index (χ2v) is 5.17. The quantitative estimate of drug-likeness (QED) is 0.916. The van der Waals surface area contributed by atoms with Gasteiger partial charge in [0.15, 0.2) is 0 Å². The first-order valence-electron chi connectivity index (χ1n) is 7.18. The third-order valence-electron chi connectivity index (χ3n) is 3.64. The van der Waals surface area contributed by atoms with E-state index >= 15 is 0 Å². The molecule has 0 atom stereocenters. The highest BCUT2D eigenvalue weighted by molar-refractivity contribution is 5.93. The number of aromatic amines is 1. The average molecular weight is 287 g/mol. The molecule has 6 nitrogen and oxygen atoms in total. The molecule has 2 aromatic rings. The number of aromatic nitrogens is 2. The number of rotatable bonds is 2. The van der Waals surface area contributed by atoms with Crippen molar-refractivity contribution in [3.8, 4) is 11.5 Å². The van der Waals surface area contributed by atoms with Crippen molar-refractivity contribution >= 4 is 5.91 Å². The molecular weight excluding hydrogens is 270 g/mol. The maximum atomic E-state index is 12.5. The number of H-pyrrole nitrogens is 1. The second-order valence-electron chi connectivity index (χ2n) is 5.17. The van der Waals surface area contributed by atoms with Crippen molar-refractivity contribution in [3.05, 3.63) is 40.6 Å². The van der Waals surface area contributed by atoms with E-state index in [0.29, 0.717) is 11.5 Å². The molecule has 1 amide bonds. The highest BCUT2D eigenvalue weighted by Crippen LogP contribution is 2.18. The molecule has 0 spiro atoms. The van der Waals surface area contributed by atoms with E-state index in [2.05, 4.69) is 9.97 Å². The lowest BCUT2D eigenvalue weighted by molar-refractivity contribution is 0.0755. The van der Waals surface area contributed by atoms with E-state index in [9.17, 15) is 9.59 Å². The largest absolute Gasteiger partial charge is 0.463 e. The van der Waals surface area contributed by atoms with Crippen molar-refractivity contribution in [2.45, 2.75) is 25.7 Å².